The highest BCUT2D eigenvalue weighted by atomic mass is 16.6. The standard InChI is InChI=1S/C20H22O4/c21-17-19-13-5-1-3-7-9(5)15-11(13)12-14(20(15,19)18(22)23-7)6-2-4-8(24-17)10(6)16(12)19/h5-17,21H,1-4H2/t5?,6?,7?,8?,9?,10?,11?,12?,13?,14?,15?,16?,17-,19?,20?/m0/s1. The van der Waals surface area contributed by atoms with E-state index in [4.69, 9.17) is 9.47 Å². The van der Waals surface area contributed by atoms with Gasteiger partial charge in [0.25, 0.3) is 0 Å². The molecule has 10 fully saturated rings. The van der Waals surface area contributed by atoms with Crippen molar-refractivity contribution in [1.29, 1.82) is 0 Å². The van der Waals surface area contributed by atoms with Crippen LogP contribution in [0.25, 0.3) is 0 Å². The van der Waals surface area contributed by atoms with Gasteiger partial charge in [-0.1, -0.05) is 0 Å². The summed E-state index contributed by atoms with van der Waals surface area (Å²) in [7, 11) is 0. The highest BCUT2D eigenvalue weighted by Gasteiger charge is 3.02. The second-order valence-electron chi connectivity index (χ2n) is 10.7. The molecule has 2 heterocycles. The molecule has 4 heteroatoms. The van der Waals surface area contributed by atoms with Crippen LogP contribution in [0.4, 0.5) is 0 Å². The van der Waals surface area contributed by atoms with Crippen molar-refractivity contribution in [3.8, 4) is 0 Å². The van der Waals surface area contributed by atoms with Gasteiger partial charge in [-0.2, -0.15) is 0 Å². The van der Waals surface area contributed by atoms with E-state index >= 15 is 0 Å². The third kappa shape index (κ3) is 0.680. The Morgan fingerprint density at radius 2 is 1.54 bits per heavy atom. The van der Waals surface area contributed by atoms with Crippen molar-refractivity contribution in [2.75, 3.05) is 0 Å². The molecular weight excluding hydrogens is 304 g/mol. The van der Waals surface area contributed by atoms with Crippen molar-refractivity contribution in [3.05, 3.63) is 0 Å². The van der Waals surface area contributed by atoms with Gasteiger partial charge in [-0.25, -0.2) is 0 Å². The summed E-state index contributed by atoms with van der Waals surface area (Å²) in [4.78, 5) is 13.6. The van der Waals surface area contributed by atoms with Crippen molar-refractivity contribution in [3.63, 3.8) is 0 Å². The Morgan fingerprint density at radius 3 is 2.42 bits per heavy atom. The molecule has 126 valence electrons. The van der Waals surface area contributed by atoms with Crippen molar-refractivity contribution in [1.82, 2.24) is 0 Å². The molecule has 10 aliphatic rings. The van der Waals surface area contributed by atoms with Crippen LogP contribution in [0.2, 0.25) is 0 Å². The van der Waals surface area contributed by atoms with Crippen LogP contribution in [0, 0.1) is 70.0 Å². The molecule has 2 spiro atoms. The number of carbonyl (C=O) groups excluding carboxylic acids is 1. The number of esters is 1. The summed E-state index contributed by atoms with van der Waals surface area (Å²) < 4.78 is 12.4. The SMILES string of the molecule is O=C1OC2CCC3C2C2C4C5C6C7CCC8O[C@H](O)C(C34)(C5C87)C162. The molecule has 15 atom stereocenters. The minimum Gasteiger partial charge on any atom is -0.462 e. The van der Waals surface area contributed by atoms with Crippen LogP contribution in [0.15, 0.2) is 0 Å². The van der Waals surface area contributed by atoms with Gasteiger partial charge in [-0.15, -0.1) is 0 Å². The molecule has 0 aromatic carbocycles. The lowest BCUT2D eigenvalue weighted by Gasteiger charge is -2.65. The molecule has 2 aliphatic heterocycles. The van der Waals surface area contributed by atoms with Crippen LogP contribution >= 0.6 is 0 Å². The maximum absolute atomic E-state index is 13.6. The molecule has 1 N–H and O–H groups in total. The quantitative estimate of drug-likeness (QED) is 0.684. The number of rotatable bonds is 0. The fraction of sp³-hybridized carbons (Fsp3) is 0.950. The molecule has 0 aromatic heterocycles. The van der Waals surface area contributed by atoms with E-state index in [0.29, 0.717) is 59.2 Å². The maximum atomic E-state index is 13.6. The summed E-state index contributed by atoms with van der Waals surface area (Å²) in [5, 5.41) is 11.4. The number of carbonyl (C=O) groups is 1. The molecule has 0 amide bonds. The number of hydrogen-bond donors (Lipinski definition) is 1. The fourth-order valence-corrected chi connectivity index (χ4v) is 12.3. The minimum absolute atomic E-state index is 0.100. The van der Waals surface area contributed by atoms with E-state index in [1.54, 1.807) is 0 Å². The first-order valence-corrected chi connectivity index (χ1v) is 10.3. The summed E-state index contributed by atoms with van der Waals surface area (Å²) in [6.07, 6.45) is 4.37. The van der Waals surface area contributed by atoms with E-state index in [-0.39, 0.29) is 29.0 Å². The molecule has 4 nitrogen and oxygen atoms in total. The van der Waals surface area contributed by atoms with Crippen molar-refractivity contribution < 1.29 is 19.4 Å². The summed E-state index contributed by atoms with van der Waals surface area (Å²) in [6.45, 7) is 0. The Labute approximate surface area is 140 Å². The Hall–Kier alpha value is -0.610. The molecule has 8 aliphatic carbocycles. The van der Waals surface area contributed by atoms with E-state index in [1.165, 1.54) is 12.8 Å². The van der Waals surface area contributed by atoms with E-state index in [1.807, 2.05) is 0 Å². The zero-order valence-corrected chi connectivity index (χ0v) is 13.5. The van der Waals surface area contributed by atoms with Crippen LogP contribution in [0.3, 0.4) is 0 Å². The topological polar surface area (TPSA) is 55.8 Å². The number of ether oxygens (including phenoxy) is 2. The van der Waals surface area contributed by atoms with Gasteiger partial charge in [0.2, 0.25) is 0 Å². The van der Waals surface area contributed by atoms with Gasteiger partial charge in [0.15, 0.2) is 6.29 Å². The second-order valence-corrected chi connectivity index (χ2v) is 10.7. The van der Waals surface area contributed by atoms with Crippen LogP contribution < -0.4 is 0 Å². The van der Waals surface area contributed by atoms with Gasteiger partial charge < -0.3 is 14.6 Å². The zero-order valence-electron chi connectivity index (χ0n) is 13.5. The highest BCUT2D eigenvalue weighted by molar-refractivity contribution is 5.85. The third-order valence-electron chi connectivity index (χ3n) is 11.5. The van der Waals surface area contributed by atoms with E-state index < -0.39 is 6.29 Å². The maximum Gasteiger partial charge on any atom is 0.313 e. The molecule has 10 rings (SSSR count). The lowest BCUT2D eigenvalue weighted by Crippen LogP contribution is -2.72. The predicted molar refractivity (Wildman–Crippen MR) is 79.0 cm³/mol. The van der Waals surface area contributed by atoms with Gasteiger partial charge in [-0.05, 0) is 78.9 Å². The zero-order chi connectivity index (χ0) is 15.3. The van der Waals surface area contributed by atoms with Gasteiger partial charge in [0.05, 0.1) is 11.5 Å². The Morgan fingerprint density at radius 1 is 0.833 bits per heavy atom. The number of hydrogen-bond acceptors (Lipinski definition) is 4. The third-order valence-corrected chi connectivity index (χ3v) is 11.5. The molecule has 2 saturated heterocycles. The number of aliphatic hydroxyl groups excluding tert-OH is 1. The first-order chi connectivity index (χ1) is 11.7. The molecule has 0 aromatic rings. The summed E-state index contributed by atoms with van der Waals surface area (Å²) in [6, 6.07) is 0. The minimum atomic E-state index is -0.707. The summed E-state index contributed by atoms with van der Waals surface area (Å²) in [5.74, 6) is 6.37. The average molecular weight is 326 g/mol. The average Bonchev–Trinajstić information content (AvgIpc) is 3.34. The first kappa shape index (κ1) is 11.9. The van der Waals surface area contributed by atoms with Crippen molar-refractivity contribution >= 4 is 5.97 Å². The van der Waals surface area contributed by atoms with Crippen LogP contribution in [-0.4, -0.2) is 29.6 Å². The van der Waals surface area contributed by atoms with E-state index in [9.17, 15) is 9.90 Å². The predicted octanol–water partition coefficient (Wildman–Crippen LogP) is 1.42. The monoisotopic (exact) mass is 326 g/mol. The first-order valence-electron chi connectivity index (χ1n) is 10.3. The van der Waals surface area contributed by atoms with Gasteiger partial charge in [-0.3, -0.25) is 4.79 Å². The summed E-state index contributed by atoms with van der Waals surface area (Å²) >= 11 is 0. The Balaban J connectivity index is 1.44. The van der Waals surface area contributed by atoms with Gasteiger partial charge >= 0.3 is 5.97 Å². The van der Waals surface area contributed by atoms with Crippen molar-refractivity contribution in [2.45, 2.75) is 44.2 Å². The summed E-state index contributed by atoms with van der Waals surface area (Å²) in [5.41, 5.74) is -0.608. The van der Waals surface area contributed by atoms with Gasteiger partial charge in [0.1, 0.15) is 6.10 Å². The molecule has 8 bridgehead atoms. The number of aliphatic hydroxyl groups is 1. The normalized spacial score (nSPS) is 81.9. The van der Waals surface area contributed by atoms with Crippen LogP contribution in [-0.2, 0) is 14.3 Å². The molecule has 24 heavy (non-hydrogen) atoms. The lowest BCUT2D eigenvalue weighted by molar-refractivity contribution is -0.335. The van der Waals surface area contributed by atoms with Gasteiger partial charge in [0, 0.05) is 11.3 Å². The highest BCUT2D eigenvalue weighted by Crippen LogP contribution is 2.99. The van der Waals surface area contributed by atoms with Crippen molar-refractivity contribution in [2.24, 2.45) is 70.0 Å². The molecule has 14 unspecified atom stereocenters. The van der Waals surface area contributed by atoms with Crippen LogP contribution in [0.5, 0.6) is 0 Å². The molecular formula is C20H22O4. The van der Waals surface area contributed by atoms with E-state index in [2.05, 4.69) is 0 Å². The van der Waals surface area contributed by atoms with E-state index in [0.717, 1.165) is 12.8 Å². The molecule has 8 saturated carbocycles. The second kappa shape index (κ2) is 2.90. The smallest absolute Gasteiger partial charge is 0.313 e. The van der Waals surface area contributed by atoms with Crippen LogP contribution in [0.1, 0.15) is 25.7 Å². The largest absolute Gasteiger partial charge is 0.462 e. The Kier molecular flexibility index (Phi) is 1.44. The fourth-order valence-electron chi connectivity index (χ4n) is 12.3. The lowest BCUT2D eigenvalue weighted by atomic mass is 9.42. The molecule has 0 radical (unpaired) electrons. The Bertz CT molecular complexity index is 747.